The molecule has 0 saturated heterocycles. The summed E-state index contributed by atoms with van der Waals surface area (Å²) in [5.41, 5.74) is 0. The average Bonchev–Trinajstić information content (AvgIpc) is 2.09. The Morgan fingerprint density at radius 2 is 2.00 bits per heavy atom. The summed E-state index contributed by atoms with van der Waals surface area (Å²) >= 11 is 0. The molecule has 0 amide bonds. The molecule has 0 aliphatic carbocycles. The summed E-state index contributed by atoms with van der Waals surface area (Å²) in [7, 11) is 0. The van der Waals surface area contributed by atoms with Crippen molar-refractivity contribution in [3.63, 3.8) is 0 Å². The van der Waals surface area contributed by atoms with Crippen molar-refractivity contribution in [3.8, 4) is 0 Å². The van der Waals surface area contributed by atoms with E-state index in [1.54, 1.807) is 6.92 Å². The number of esters is 1. The Morgan fingerprint density at radius 3 is 2.38 bits per heavy atom. The lowest BCUT2D eigenvalue weighted by Gasteiger charge is -2.10. The number of aliphatic carboxylic acids is 1. The van der Waals surface area contributed by atoms with Crippen LogP contribution in [0.25, 0.3) is 0 Å². The van der Waals surface area contributed by atoms with Gasteiger partial charge >= 0.3 is 11.9 Å². The van der Waals surface area contributed by atoms with E-state index in [4.69, 9.17) is 9.84 Å². The zero-order valence-electron chi connectivity index (χ0n) is 8.08. The van der Waals surface area contributed by atoms with Gasteiger partial charge in [-0.25, -0.2) is 0 Å². The first kappa shape index (κ1) is 11.9. The van der Waals surface area contributed by atoms with Gasteiger partial charge in [-0.3, -0.25) is 9.59 Å². The molecule has 4 heteroatoms. The molecule has 76 valence electrons. The zero-order valence-corrected chi connectivity index (χ0v) is 8.08. The highest BCUT2D eigenvalue weighted by molar-refractivity contribution is 5.78. The number of hydrogen-bond acceptors (Lipinski definition) is 3. The summed E-state index contributed by atoms with van der Waals surface area (Å²) in [5, 5.41) is 8.48. The molecule has 1 N–H and O–H groups in total. The monoisotopic (exact) mass is 188 g/mol. The van der Waals surface area contributed by atoms with E-state index in [1.807, 2.05) is 6.92 Å². The number of carbonyl (C=O) groups is 2. The van der Waals surface area contributed by atoms with Crippen LogP contribution in [0, 0.1) is 5.92 Å². The Bertz CT molecular complexity index is 176. The Hall–Kier alpha value is -1.06. The average molecular weight is 188 g/mol. The highest BCUT2D eigenvalue weighted by Crippen LogP contribution is 2.10. The van der Waals surface area contributed by atoms with E-state index in [-0.39, 0.29) is 6.42 Å². The molecule has 0 aromatic carbocycles. The smallest absolute Gasteiger partial charge is 0.309 e. The summed E-state index contributed by atoms with van der Waals surface area (Å²) in [4.78, 5) is 21.5. The maximum Gasteiger partial charge on any atom is 0.309 e. The molecular weight excluding hydrogens is 172 g/mol. The summed E-state index contributed by atoms with van der Waals surface area (Å²) in [6.45, 7) is 4.04. The first-order valence-electron chi connectivity index (χ1n) is 4.50. The van der Waals surface area contributed by atoms with Crippen molar-refractivity contribution in [1.82, 2.24) is 0 Å². The summed E-state index contributed by atoms with van der Waals surface area (Å²) < 4.78 is 4.84. The van der Waals surface area contributed by atoms with Crippen molar-refractivity contribution >= 4 is 11.9 Å². The Kier molecular flexibility index (Phi) is 5.93. The van der Waals surface area contributed by atoms with Crippen LogP contribution < -0.4 is 0 Å². The molecule has 0 radical (unpaired) electrons. The summed E-state index contributed by atoms with van der Waals surface area (Å²) in [6.07, 6.45) is 1.13. The molecule has 0 aromatic heterocycles. The van der Waals surface area contributed by atoms with Crippen molar-refractivity contribution < 1.29 is 19.4 Å². The second-order valence-corrected chi connectivity index (χ2v) is 2.87. The van der Waals surface area contributed by atoms with E-state index in [2.05, 4.69) is 0 Å². The van der Waals surface area contributed by atoms with E-state index in [0.29, 0.717) is 13.0 Å². The third-order valence-corrected chi connectivity index (χ3v) is 1.70. The van der Waals surface area contributed by atoms with Crippen LogP contribution in [0.1, 0.15) is 33.1 Å². The van der Waals surface area contributed by atoms with Crippen LogP contribution in [0.3, 0.4) is 0 Å². The van der Waals surface area contributed by atoms with E-state index in [1.165, 1.54) is 0 Å². The fourth-order valence-corrected chi connectivity index (χ4v) is 0.926. The predicted molar refractivity (Wildman–Crippen MR) is 47.3 cm³/mol. The van der Waals surface area contributed by atoms with Crippen molar-refractivity contribution in [2.45, 2.75) is 33.1 Å². The molecule has 0 heterocycles. The molecule has 1 atom stereocenters. The van der Waals surface area contributed by atoms with Crippen LogP contribution in [-0.4, -0.2) is 23.7 Å². The third kappa shape index (κ3) is 5.22. The van der Waals surface area contributed by atoms with E-state index < -0.39 is 17.9 Å². The largest absolute Gasteiger partial charge is 0.481 e. The lowest BCUT2D eigenvalue weighted by Crippen LogP contribution is -2.20. The molecular formula is C9H16O4. The van der Waals surface area contributed by atoms with E-state index in [9.17, 15) is 9.59 Å². The molecule has 0 bridgehead atoms. The van der Waals surface area contributed by atoms with Gasteiger partial charge in [-0.15, -0.1) is 0 Å². The Balaban J connectivity index is 3.92. The van der Waals surface area contributed by atoms with Gasteiger partial charge in [-0.05, 0) is 12.8 Å². The SMILES string of the molecule is CCCOC(=O)C(CC)CC(=O)O. The van der Waals surface area contributed by atoms with Crippen molar-refractivity contribution in [1.29, 1.82) is 0 Å². The third-order valence-electron chi connectivity index (χ3n) is 1.70. The van der Waals surface area contributed by atoms with Crippen molar-refractivity contribution in [2.24, 2.45) is 5.92 Å². The standard InChI is InChI=1S/C9H16O4/c1-3-5-13-9(12)7(4-2)6-8(10)11/h7H,3-6H2,1-2H3,(H,10,11). The molecule has 13 heavy (non-hydrogen) atoms. The fraction of sp³-hybridized carbons (Fsp3) is 0.778. The van der Waals surface area contributed by atoms with Gasteiger partial charge in [0.2, 0.25) is 0 Å². The molecule has 0 aliphatic rings. The van der Waals surface area contributed by atoms with Gasteiger partial charge in [0.1, 0.15) is 0 Å². The minimum Gasteiger partial charge on any atom is -0.481 e. The van der Waals surface area contributed by atoms with Crippen LogP contribution in [0.15, 0.2) is 0 Å². The maximum absolute atomic E-state index is 11.2. The van der Waals surface area contributed by atoms with Crippen molar-refractivity contribution in [2.75, 3.05) is 6.61 Å². The van der Waals surface area contributed by atoms with Crippen LogP contribution >= 0.6 is 0 Å². The molecule has 1 unspecified atom stereocenters. The number of rotatable bonds is 6. The van der Waals surface area contributed by atoms with Crippen LogP contribution in [0.2, 0.25) is 0 Å². The molecule has 4 nitrogen and oxygen atoms in total. The first-order chi connectivity index (χ1) is 6.11. The second-order valence-electron chi connectivity index (χ2n) is 2.87. The topological polar surface area (TPSA) is 63.6 Å². The van der Waals surface area contributed by atoms with Gasteiger partial charge in [-0.2, -0.15) is 0 Å². The molecule has 0 aliphatic heterocycles. The van der Waals surface area contributed by atoms with E-state index >= 15 is 0 Å². The lowest BCUT2D eigenvalue weighted by molar-refractivity contribution is -0.153. The fourth-order valence-electron chi connectivity index (χ4n) is 0.926. The number of ether oxygens (including phenoxy) is 1. The van der Waals surface area contributed by atoms with Gasteiger partial charge in [0.15, 0.2) is 0 Å². The number of hydrogen-bond donors (Lipinski definition) is 1. The number of carboxylic acids is 1. The highest BCUT2D eigenvalue weighted by atomic mass is 16.5. The predicted octanol–water partition coefficient (Wildman–Crippen LogP) is 1.44. The normalized spacial score (nSPS) is 12.2. The number of carboxylic acid groups (broad SMARTS) is 1. The Morgan fingerprint density at radius 1 is 1.38 bits per heavy atom. The van der Waals surface area contributed by atoms with Crippen LogP contribution in [0.5, 0.6) is 0 Å². The quantitative estimate of drug-likeness (QED) is 0.640. The van der Waals surface area contributed by atoms with Gasteiger partial charge in [0.25, 0.3) is 0 Å². The van der Waals surface area contributed by atoms with Gasteiger partial charge in [0.05, 0.1) is 18.9 Å². The van der Waals surface area contributed by atoms with Gasteiger partial charge in [-0.1, -0.05) is 13.8 Å². The maximum atomic E-state index is 11.2. The summed E-state index contributed by atoms with van der Waals surface area (Å²) in [6, 6.07) is 0. The highest BCUT2D eigenvalue weighted by Gasteiger charge is 2.20. The van der Waals surface area contributed by atoms with Crippen molar-refractivity contribution in [3.05, 3.63) is 0 Å². The van der Waals surface area contributed by atoms with Gasteiger partial charge < -0.3 is 9.84 Å². The first-order valence-corrected chi connectivity index (χ1v) is 4.50. The van der Waals surface area contributed by atoms with Gasteiger partial charge in [0, 0.05) is 0 Å². The molecule has 0 saturated carbocycles. The summed E-state index contributed by atoms with van der Waals surface area (Å²) in [5.74, 6) is -1.85. The van der Waals surface area contributed by atoms with Crippen LogP contribution in [-0.2, 0) is 14.3 Å². The second kappa shape index (κ2) is 6.46. The molecule has 0 rings (SSSR count). The van der Waals surface area contributed by atoms with E-state index in [0.717, 1.165) is 6.42 Å². The Labute approximate surface area is 77.9 Å². The number of carbonyl (C=O) groups excluding carboxylic acids is 1. The molecule has 0 aromatic rings. The lowest BCUT2D eigenvalue weighted by atomic mass is 10.0. The molecule has 0 fully saturated rings. The van der Waals surface area contributed by atoms with Crippen LogP contribution in [0.4, 0.5) is 0 Å². The minimum atomic E-state index is -0.958. The molecule has 0 spiro atoms. The minimum absolute atomic E-state index is 0.140. The zero-order chi connectivity index (χ0) is 10.3.